The van der Waals surface area contributed by atoms with E-state index in [9.17, 15) is 9.18 Å². The van der Waals surface area contributed by atoms with Crippen LogP contribution in [0.1, 0.15) is 25.3 Å². The number of rotatable bonds is 7. The minimum Gasteiger partial charge on any atom is -0.484 e. The summed E-state index contributed by atoms with van der Waals surface area (Å²) in [7, 11) is 1.98. The first-order valence-electron chi connectivity index (χ1n) is 9.76. The van der Waals surface area contributed by atoms with Crippen molar-refractivity contribution in [3.8, 4) is 5.75 Å². The highest BCUT2D eigenvalue weighted by Crippen LogP contribution is 2.46. The van der Waals surface area contributed by atoms with Crippen molar-refractivity contribution in [1.29, 1.82) is 0 Å². The Labute approximate surface area is 184 Å². The van der Waals surface area contributed by atoms with Crippen molar-refractivity contribution < 1.29 is 18.3 Å². The molecule has 0 fully saturated rings. The monoisotopic (exact) mass is 439 g/mol. The predicted molar refractivity (Wildman–Crippen MR) is 117 cm³/mol. The number of benzene rings is 2. The lowest BCUT2D eigenvalue weighted by Gasteiger charge is -2.23. The number of aromatic nitrogens is 2. The number of fused-ring (bicyclic) bond motifs is 1. The molecular weight excluding hydrogens is 417 g/mol. The molecule has 0 aliphatic carbocycles. The summed E-state index contributed by atoms with van der Waals surface area (Å²) < 4.78 is 23.9. The zero-order valence-electron chi connectivity index (χ0n) is 17.5. The number of anilines is 1. The molecule has 1 aromatic heterocycles. The van der Waals surface area contributed by atoms with Crippen molar-refractivity contribution in [1.82, 2.24) is 10.2 Å². The topological polar surface area (TPSA) is 68.5 Å². The van der Waals surface area contributed by atoms with Crippen LogP contribution >= 0.6 is 11.8 Å². The van der Waals surface area contributed by atoms with E-state index < -0.39 is 0 Å². The minimum absolute atomic E-state index is 0.0324. The third kappa shape index (κ3) is 4.49. The number of carbonyl (C=O) groups is 1. The lowest BCUT2D eigenvalue weighted by molar-refractivity contribution is -0.112. The molecule has 0 saturated heterocycles. The number of carbonyl (C=O) groups excluding carboxylic acids is 1. The molecular formula is C23H22FN3O3S. The van der Waals surface area contributed by atoms with Gasteiger partial charge in [-0.3, -0.25) is 4.79 Å². The maximum atomic E-state index is 12.9. The van der Waals surface area contributed by atoms with E-state index in [1.165, 1.54) is 41.6 Å². The number of ketones is 1. The number of hydrogen-bond donors (Lipinski definition) is 0. The second-order valence-electron chi connectivity index (χ2n) is 7.69. The number of nitrogens with zero attached hydrogens (tertiary/aromatic N) is 3. The van der Waals surface area contributed by atoms with Crippen molar-refractivity contribution in [2.45, 2.75) is 31.1 Å². The lowest BCUT2D eigenvalue weighted by atomic mass is 9.83. The van der Waals surface area contributed by atoms with E-state index in [2.05, 4.69) is 41.1 Å². The highest BCUT2D eigenvalue weighted by molar-refractivity contribution is 7.99. The maximum Gasteiger partial charge on any atom is 0.277 e. The van der Waals surface area contributed by atoms with Crippen LogP contribution in [0.3, 0.4) is 0 Å². The van der Waals surface area contributed by atoms with E-state index in [1.54, 1.807) is 6.08 Å². The van der Waals surface area contributed by atoms with E-state index in [4.69, 9.17) is 9.15 Å². The summed E-state index contributed by atoms with van der Waals surface area (Å²) in [5.74, 6) is 0.601. The van der Waals surface area contributed by atoms with Crippen LogP contribution in [-0.2, 0) is 16.8 Å². The van der Waals surface area contributed by atoms with Crippen molar-refractivity contribution in [2.75, 3.05) is 17.7 Å². The Bertz CT molecular complexity index is 1130. The summed E-state index contributed by atoms with van der Waals surface area (Å²) in [6.45, 7) is 4.30. The van der Waals surface area contributed by atoms with E-state index in [1.807, 2.05) is 19.2 Å². The molecule has 1 aliphatic rings. The molecule has 0 saturated carbocycles. The fourth-order valence-electron chi connectivity index (χ4n) is 3.62. The molecule has 160 valence electrons. The van der Waals surface area contributed by atoms with Crippen LogP contribution in [-0.4, -0.2) is 28.8 Å². The van der Waals surface area contributed by atoms with E-state index in [0.717, 1.165) is 11.4 Å². The Kier molecular flexibility index (Phi) is 5.82. The number of halogens is 1. The second-order valence-corrected chi connectivity index (χ2v) is 8.62. The Hall–Kier alpha value is -3.13. The molecule has 2 heterocycles. The Morgan fingerprint density at radius 1 is 1.19 bits per heavy atom. The van der Waals surface area contributed by atoms with Gasteiger partial charge in [0.15, 0.2) is 12.4 Å². The molecule has 0 radical (unpaired) electrons. The average Bonchev–Trinajstić information content (AvgIpc) is 3.29. The number of allylic oxidation sites excluding steroid dienone is 2. The van der Waals surface area contributed by atoms with Crippen LogP contribution in [0.5, 0.6) is 5.75 Å². The number of hydrogen-bond acceptors (Lipinski definition) is 7. The molecule has 8 heteroatoms. The number of para-hydroxylation sites is 1. The lowest BCUT2D eigenvalue weighted by Crippen LogP contribution is -2.24. The normalized spacial score (nSPS) is 15.9. The molecule has 3 aromatic rings. The van der Waals surface area contributed by atoms with Gasteiger partial charge in [-0.2, -0.15) is 0 Å². The molecule has 1 aliphatic heterocycles. The highest BCUT2D eigenvalue weighted by Gasteiger charge is 2.38. The Morgan fingerprint density at radius 2 is 1.94 bits per heavy atom. The quantitative estimate of drug-likeness (QED) is 0.388. The second kappa shape index (κ2) is 8.55. The maximum absolute atomic E-state index is 12.9. The smallest absolute Gasteiger partial charge is 0.277 e. The van der Waals surface area contributed by atoms with Gasteiger partial charge in [0.1, 0.15) is 11.6 Å². The van der Waals surface area contributed by atoms with Crippen LogP contribution in [0.2, 0.25) is 0 Å². The molecule has 0 N–H and O–H groups in total. The summed E-state index contributed by atoms with van der Waals surface area (Å²) in [4.78, 5) is 14.7. The fraction of sp³-hybridized carbons (Fsp3) is 0.261. The van der Waals surface area contributed by atoms with Gasteiger partial charge < -0.3 is 14.1 Å². The van der Waals surface area contributed by atoms with Gasteiger partial charge in [0, 0.05) is 29.9 Å². The van der Waals surface area contributed by atoms with Crippen molar-refractivity contribution in [2.24, 2.45) is 0 Å². The summed E-state index contributed by atoms with van der Waals surface area (Å²) >= 11 is 1.18. The first kappa shape index (κ1) is 21.1. The van der Waals surface area contributed by atoms with Gasteiger partial charge in [0.2, 0.25) is 0 Å². The first-order valence-corrected chi connectivity index (χ1v) is 10.7. The molecule has 0 atom stereocenters. The van der Waals surface area contributed by atoms with Crippen molar-refractivity contribution in [3.05, 3.63) is 77.6 Å². The molecule has 0 spiro atoms. The van der Waals surface area contributed by atoms with Crippen LogP contribution < -0.4 is 9.64 Å². The van der Waals surface area contributed by atoms with E-state index in [0.29, 0.717) is 11.0 Å². The summed E-state index contributed by atoms with van der Waals surface area (Å²) in [5.41, 5.74) is 3.02. The third-order valence-corrected chi connectivity index (χ3v) is 6.04. The molecule has 31 heavy (non-hydrogen) atoms. The fourth-order valence-corrected chi connectivity index (χ4v) is 4.22. The zero-order chi connectivity index (χ0) is 22.0. The summed E-state index contributed by atoms with van der Waals surface area (Å²) in [6, 6.07) is 13.8. The van der Waals surface area contributed by atoms with Gasteiger partial charge in [-0.05, 0) is 35.9 Å². The molecule has 2 aromatic carbocycles. The van der Waals surface area contributed by atoms with Crippen molar-refractivity contribution in [3.63, 3.8) is 0 Å². The van der Waals surface area contributed by atoms with E-state index >= 15 is 0 Å². The average molecular weight is 440 g/mol. The van der Waals surface area contributed by atoms with Gasteiger partial charge in [0.25, 0.3) is 11.1 Å². The molecule has 0 unspecified atom stereocenters. The first-order chi connectivity index (χ1) is 14.8. The number of thioether (sulfide) groups is 1. The van der Waals surface area contributed by atoms with Crippen molar-refractivity contribution >= 4 is 23.2 Å². The van der Waals surface area contributed by atoms with Crippen LogP contribution in [0.15, 0.2) is 69.9 Å². The van der Waals surface area contributed by atoms with Gasteiger partial charge in [-0.1, -0.05) is 43.8 Å². The van der Waals surface area contributed by atoms with Gasteiger partial charge in [-0.15, -0.1) is 10.2 Å². The largest absolute Gasteiger partial charge is 0.484 e. The van der Waals surface area contributed by atoms with Crippen LogP contribution in [0.4, 0.5) is 10.1 Å². The predicted octanol–water partition coefficient (Wildman–Crippen LogP) is 4.76. The highest BCUT2D eigenvalue weighted by atomic mass is 32.2. The molecule has 4 rings (SSSR count). The van der Waals surface area contributed by atoms with E-state index in [-0.39, 0.29) is 35.3 Å². The zero-order valence-corrected chi connectivity index (χ0v) is 18.3. The summed E-state index contributed by atoms with van der Waals surface area (Å²) in [6.07, 6.45) is 1.70. The summed E-state index contributed by atoms with van der Waals surface area (Å²) in [5, 5.41) is 8.16. The van der Waals surface area contributed by atoms with Gasteiger partial charge in [-0.25, -0.2) is 4.39 Å². The molecule has 0 amide bonds. The standard InChI is InChI=1S/C23H22FN3O3S/c1-23(2)18-6-4-5-7-19(18)27(3)20(23)12-16(28)14-31-22-26-25-21(30-22)13-29-17-10-8-15(24)9-11-17/h4-12H,13-14H2,1-3H3/b20-12-. The minimum atomic E-state index is -0.334. The molecule has 0 bridgehead atoms. The molecule has 6 nitrogen and oxygen atoms in total. The Morgan fingerprint density at radius 3 is 2.68 bits per heavy atom. The Balaban J connectivity index is 1.35. The van der Waals surface area contributed by atoms with Crippen LogP contribution in [0, 0.1) is 5.82 Å². The number of ether oxygens (including phenoxy) is 1. The van der Waals surface area contributed by atoms with Crippen LogP contribution in [0.25, 0.3) is 0 Å². The van der Waals surface area contributed by atoms with Gasteiger partial charge in [0.05, 0.1) is 5.75 Å². The van der Waals surface area contributed by atoms with Gasteiger partial charge >= 0.3 is 0 Å². The number of likely N-dealkylation sites (N-methyl/N-ethyl adjacent to an activating group) is 1. The third-order valence-electron chi connectivity index (χ3n) is 5.20. The SMILES string of the molecule is CN1/C(=C\C(=O)CSc2nnc(COc3ccc(F)cc3)o2)C(C)(C)c2ccccc21.